The fourth-order valence-electron chi connectivity index (χ4n) is 4.03. The number of ether oxygens (including phenoxy) is 2. The number of hydrogen-bond donors (Lipinski definition) is 1. The molecule has 1 aromatic heterocycles. The number of esters is 2. The molecule has 11 heteroatoms. The number of para-hydroxylation sites is 1. The second-order valence-electron chi connectivity index (χ2n) is 9.50. The van der Waals surface area contributed by atoms with Gasteiger partial charge in [-0.05, 0) is 82.3 Å². The Kier molecular flexibility index (Phi) is 9.18. The van der Waals surface area contributed by atoms with E-state index in [0.717, 1.165) is 16.7 Å². The normalized spacial score (nSPS) is 13.2. The van der Waals surface area contributed by atoms with Crippen molar-refractivity contribution in [3.63, 3.8) is 0 Å². The van der Waals surface area contributed by atoms with Gasteiger partial charge in [0.2, 0.25) is 0 Å². The minimum absolute atomic E-state index is 0.0342. The van der Waals surface area contributed by atoms with Gasteiger partial charge in [0.05, 0.1) is 29.5 Å². The van der Waals surface area contributed by atoms with Crippen molar-refractivity contribution in [1.82, 2.24) is 9.97 Å². The molecule has 2 aromatic carbocycles. The van der Waals surface area contributed by atoms with Crippen LogP contribution in [0, 0.1) is 13.8 Å². The van der Waals surface area contributed by atoms with Gasteiger partial charge in [-0.15, -0.1) is 0 Å². The summed E-state index contributed by atoms with van der Waals surface area (Å²) >= 11 is 0.939. The van der Waals surface area contributed by atoms with Gasteiger partial charge in [0.1, 0.15) is 10.6 Å². The lowest BCUT2D eigenvalue weighted by Crippen LogP contribution is -2.33. The van der Waals surface area contributed by atoms with Crippen molar-refractivity contribution in [3.05, 3.63) is 87.7 Å². The highest BCUT2D eigenvalue weighted by molar-refractivity contribution is 8.04. The third-order valence-electron chi connectivity index (χ3n) is 5.71. The number of imide groups is 1. The van der Waals surface area contributed by atoms with Crippen molar-refractivity contribution >= 4 is 46.9 Å². The standard InChI is InChI=1S/C30H30N4O6S/c1-6-14-39-29(38)22-12-7-8-13-23(22)34-26(35)24(25(27(34)36)41-30-31-18(4)15-19(5)32-30)33-21-11-9-10-20(16-21)28(37)40-17(2)3/h7-13,15-17,33H,6,14H2,1-5H3. The average molecular weight is 575 g/mol. The van der Waals surface area contributed by atoms with Gasteiger partial charge in [0, 0.05) is 17.1 Å². The van der Waals surface area contributed by atoms with E-state index in [0.29, 0.717) is 23.5 Å². The fraction of sp³-hybridized carbons (Fsp3) is 0.267. The molecule has 2 amide bonds. The van der Waals surface area contributed by atoms with Gasteiger partial charge in [0.15, 0.2) is 5.16 Å². The molecule has 0 unspecified atom stereocenters. The molecule has 0 bridgehead atoms. The van der Waals surface area contributed by atoms with Gasteiger partial charge in [0.25, 0.3) is 11.8 Å². The summed E-state index contributed by atoms with van der Waals surface area (Å²) in [6, 6.07) is 14.5. The molecular formula is C30H30N4O6S. The maximum absolute atomic E-state index is 13.9. The molecule has 10 nitrogen and oxygen atoms in total. The highest BCUT2D eigenvalue weighted by Gasteiger charge is 2.42. The molecule has 0 spiro atoms. The first-order valence-electron chi connectivity index (χ1n) is 13.1. The van der Waals surface area contributed by atoms with E-state index in [2.05, 4.69) is 15.3 Å². The highest BCUT2D eigenvalue weighted by Crippen LogP contribution is 2.38. The predicted octanol–water partition coefficient (Wildman–Crippen LogP) is 5.21. The van der Waals surface area contributed by atoms with Crippen molar-refractivity contribution in [2.75, 3.05) is 16.8 Å². The number of benzene rings is 2. The summed E-state index contributed by atoms with van der Waals surface area (Å²) in [4.78, 5) is 62.9. The highest BCUT2D eigenvalue weighted by atomic mass is 32.2. The van der Waals surface area contributed by atoms with Gasteiger partial charge in [-0.2, -0.15) is 0 Å². The van der Waals surface area contributed by atoms with Crippen molar-refractivity contribution in [2.24, 2.45) is 0 Å². The number of nitrogens with zero attached hydrogens (tertiary/aromatic N) is 3. The Morgan fingerprint density at radius 2 is 1.66 bits per heavy atom. The van der Waals surface area contributed by atoms with Gasteiger partial charge >= 0.3 is 11.9 Å². The molecule has 1 N–H and O–H groups in total. The zero-order valence-corrected chi connectivity index (χ0v) is 24.2. The number of hydrogen-bond acceptors (Lipinski definition) is 10. The third kappa shape index (κ3) is 6.80. The van der Waals surface area contributed by atoms with Gasteiger partial charge in [-0.1, -0.05) is 25.1 Å². The van der Waals surface area contributed by atoms with E-state index in [9.17, 15) is 19.2 Å². The molecule has 4 rings (SSSR count). The Bertz CT molecular complexity index is 1530. The summed E-state index contributed by atoms with van der Waals surface area (Å²) in [6.07, 6.45) is 0.306. The number of aryl methyl sites for hydroxylation is 2. The minimum atomic E-state index is -0.687. The topological polar surface area (TPSA) is 128 Å². The number of aromatic nitrogens is 2. The number of anilines is 2. The lowest BCUT2D eigenvalue weighted by atomic mass is 10.1. The Morgan fingerprint density at radius 1 is 0.951 bits per heavy atom. The number of carbonyl (C=O) groups is 4. The number of nitrogens with one attached hydrogen (secondary N) is 1. The van der Waals surface area contributed by atoms with E-state index < -0.39 is 23.8 Å². The maximum atomic E-state index is 13.9. The number of carbonyl (C=O) groups excluding carboxylic acids is 4. The molecule has 3 aromatic rings. The fourth-order valence-corrected chi connectivity index (χ4v) is 5.01. The number of rotatable bonds is 10. The Balaban J connectivity index is 1.76. The zero-order valence-electron chi connectivity index (χ0n) is 23.4. The Labute approximate surface area is 242 Å². The smallest absolute Gasteiger partial charge is 0.340 e. The van der Waals surface area contributed by atoms with Crippen LogP contribution >= 0.6 is 11.8 Å². The molecule has 2 heterocycles. The molecule has 1 aliphatic rings. The summed E-state index contributed by atoms with van der Waals surface area (Å²) < 4.78 is 10.6. The summed E-state index contributed by atoms with van der Waals surface area (Å²) in [6.45, 7) is 9.17. The quantitative estimate of drug-likeness (QED) is 0.196. The first kappa shape index (κ1) is 29.5. The summed E-state index contributed by atoms with van der Waals surface area (Å²) in [5.74, 6) is -2.51. The lowest BCUT2D eigenvalue weighted by Gasteiger charge is -2.18. The molecule has 0 atom stereocenters. The van der Waals surface area contributed by atoms with Crippen LogP contribution < -0.4 is 10.2 Å². The largest absolute Gasteiger partial charge is 0.462 e. The Morgan fingerprint density at radius 3 is 2.34 bits per heavy atom. The van der Waals surface area contributed by atoms with Gasteiger partial charge in [-0.25, -0.2) is 24.5 Å². The first-order valence-corrected chi connectivity index (χ1v) is 13.9. The average Bonchev–Trinajstić information content (AvgIpc) is 3.14. The second-order valence-corrected chi connectivity index (χ2v) is 10.5. The van der Waals surface area contributed by atoms with E-state index in [1.54, 1.807) is 64.1 Å². The van der Waals surface area contributed by atoms with Gasteiger partial charge in [-0.3, -0.25) is 9.59 Å². The molecule has 0 fully saturated rings. The van der Waals surface area contributed by atoms with Crippen LogP contribution in [0.1, 0.15) is 59.3 Å². The van der Waals surface area contributed by atoms with Crippen molar-refractivity contribution in [1.29, 1.82) is 0 Å². The molecular weight excluding hydrogens is 544 g/mol. The monoisotopic (exact) mass is 574 g/mol. The van der Waals surface area contributed by atoms with Crippen molar-refractivity contribution in [2.45, 2.75) is 52.3 Å². The second kappa shape index (κ2) is 12.8. The third-order valence-corrected chi connectivity index (χ3v) is 6.66. The molecule has 0 saturated heterocycles. The van der Waals surface area contributed by atoms with Crippen LogP contribution in [0.2, 0.25) is 0 Å². The van der Waals surface area contributed by atoms with Crippen LogP contribution in [-0.2, 0) is 19.1 Å². The van der Waals surface area contributed by atoms with Crippen LogP contribution in [0.5, 0.6) is 0 Å². The predicted molar refractivity (Wildman–Crippen MR) is 155 cm³/mol. The van der Waals surface area contributed by atoms with Crippen LogP contribution in [-0.4, -0.2) is 46.4 Å². The molecule has 0 radical (unpaired) electrons. The molecule has 0 saturated carbocycles. The SMILES string of the molecule is CCCOC(=O)c1ccccc1N1C(=O)C(Nc2cccc(C(=O)OC(C)C)c2)=C(Sc2nc(C)cc(C)n2)C1=O. The van der Waals surface area contributed by atoms with Crippen molar-refractivity contribution < 1.29 is 28.7 Å². The summed E-state index contributed by atoms with van der Waals surface area (Å²) in [5, 5.41) is 3.30. The van der Waals surface area contributed by atoms with Gasteiger partial charge < -0.3 is 14.8 Å². The van der Waals surface area contributed by atoms with E-state index in [1.165, 1.54) is 18.2 Å². The molecule has 41 heavy (non-hydrogen) atoms. The maximum Gasteiger partial charge on any atom is 0.340 e. The molecule has 0 aliphatic carbocycles. The van der Waals surface area contributed by atoms with E-state index in [-0.39, 0.29) is 45.3 Å². The Hall–Kier alpha value is -4.51. The van der Waals surface area contributed by atoms with E-state index >= 15 is 0 Å². The number of amides is 2. The van der Waals surface area contributed by atoms with Crippen LogP contribution in [0.3, 0.4) is 0 Å². The molecule has 1 aliphatic heterocycles. The van der Waals surface area contributed by atoms with Crippen molar-refractivity contribution in [3.8, 4) is 0 Å². The van der Waals surface area contributed by atoms with Crippen LogP contribution in [0.4, 0.5) is 11.4 Å². The minimum Gasteiger partial charge on any atom is -0.462 e. The molecule has 212 valence electrons. The lowest BCUT2D eigenvalue weighted by molar-refractivity contribution is -0.120. The number of thioether (sulfide) groups is 1. The van der Waals surface area contributed by atoms with Crippen LogP contribution in [0.25, 0.3) is 0 Å². The van der Waals surface area contributed by atoms with E-state index in [1.807, 2.05) is 6.92 Å². The summed E-state index contributed by atoms with van der Waals surface area (Å²) in [7, 11) is 0. The van der Waals surface area contributed by atoms with E-state index in [4.69, 9.17) is 9.47 Å². The van der Waals surface area contributed by atoms with Crippen LogP contribution in [0.15, 0.2) is 70.4 Å². The summed E-state index contributed by atoms with van der Waals surface area (Å²) in [5.41, 5.74) is 2.18. The first-order chi connectivity index (χ1) is 19.6. The zero-order chi connectivity index (χ0) is 29.7.